The Hall–Kier alpha value is -1.40. The van der Waals surface area contributed by atoms with Crippen LogP contribution in [0.4, 0.5) is 5.82 Å². The number of halogens is 1. The monoisotopic (exact) mass is 257 g/mol. The smallest absolute Gasteiger partial charge is 0.305 e. The van der Waals surface area contributed by atoms with Gasteiger partial charge in [0.2, 0.25) is 0 Å². The molecule has 92 valence electrons. The van der Waals surface area contributed by atoms with Crippen molar-refractivity contribution in [3.63, 3.8) is 0 Å². The first-order valence-corrected chi connectivity index (χ1v) is 5.60. The molecular formula is C10H12ClN3O3. The summed E-state index contributed by atoms with van der Waals surface area (Å²) in [5.41, 5.74) is 0. The number of hydrogen-bond acceptors (Lipinski definition) is 5. The zero-order valence-electron chi connectivity index (χ0n) is 9.04. The van der Waals surface area contributed by atoms with Gasteiger partial charge in [0.15, 0.2) is 11.0 Å². The second-order valence-electron chi connectivity index (χ2n) is 3.73. The number of anilines is 1. The molecule has 1 fully saturated rings. The number of carboxylic acids is 1. The van der Waals surface area contributed by atoms with Crippen LogP contribution in [-0.4, -0.2) is 47.1 Å². The first kappa shape index (κ1) is 12.1. The molecule has 1 aromatic heterocycles. The molecule has 1 atom stereocenters. The van der Waals surface area contributed by atoms with Crippen molar-refractivity contribution >= 4 is 23.4 Å². The van der Waals surface area contributed by atoms with E-state index in [0.717, 1.165) is 0 Å². The lowest BCUT2D eigenvalue weighted by atomic mass is 10.1. The van der Waals surface area contributed by atoms with Gasteiger partial charge in [-0.1, -0.05) is 11.6 Å². The van der Waals surface area contributed by atoms with E-state index in [1.165, 1.54) is 0 Å². The zero-order valence-corrected chi connectivity index (χ0v) is 9.80. The molecule has 1 unspecified atom stereocenters. The van der Waals surface area contributed by atoms with E-state index in [1.54, 1.807) is 12.1 Å². The molecule has 1 aliphatic heterocycles. The highest BCUT2D eigenvalue weighted by molar-refractivity contribution is 6.29. The van der Waals surface area contributed by atoms with E-state index in [2.05, 4.69) is 10.2 Å². The summed E-state index contributed by atoms with van der Waals surface area (Å²) in [6.07, 6.45) is 0.0182. The molecule has 0 amide bonds. The van der Waals surface area contributed by atoms with Gasteiger partial charge in [-0.2, -0.15) is 0 Å². The molecule has 1 N–H and O–H groups in total. The average Bonchev–Trinajstić information content (AvgIpc) is 2.30. The lowest BCUT2D eigenvalue weighted by Crippen LogP contribution is -2.47. The molecule has 7 heteroatoms. The largest absolute Gasteiger partial charge is 0.481 e. The highest BCUT2D eigenvalue weighted by atomic mass is 35.5. The summed E-state index contributed by atoms with van der Waals surface area (Å²) in [7, 11) is 0. The second-order valence-corrected chi connectivity index (χ2v) is 4.12. The van der Waals surface area contributed by atoms with Gasteiger partial charge >= 0.3 is 5.97 Å². The molecule has 1 aliphatic rings. The lowest BCUT2D eigenvalue weighted by molar-refractivity contribution is -0.138. The minimum Gasteiger partial charge on any atom is -0.481 e. The maximum atomic E-state index is 10.8. The molecular weight excluding hydrogens is 246 g/mol. The van der Waals surface area contributed by atoms with Crippen LogP contribution < -0.4 is 4.90 Å². The third-order valence-electron chi connectivity index (χ3n) is 2.55. The van der Waals surface area contributed by atoms with Crippen LogP contribution >= 0.6 is 11.6 Å². The van der Waals surface area contributed by atoms with E-state index in [0.29, 0.717) is 30.7 Å². The third-order valence-corrected chi connectivity index (χ3v) is 2.75. The fourth-order valence-corrected chi connectivity index (χ4v) is 1.89. The Kier molecular flexibility index (Phi) is 3.75. The first-order chi connectivity index (χ1) is 8.16. The van der Waals surface area contributed by atoms with Gasteiger partial charge in [0, 0.05) is 6.54 Å². The molecule has 2 rings (SSSR count). The Labute approximate surface area is 103 Å². The van der Waals surface area contributed by atoms with Crippen LogP contribution in [0.2, 0.25) is 5.15 Å². The van der Waals surface area contributed by atoms with Crippen molar-refractivity contribution in [3.05, 3.63) is 17.3 Å². The Morgan fingerprint density at radius 2 is 2.41 bits per heavy atom. The summed E-state index contributed by atoms with van der Waals surface area (Å²) < 4.78 is 5.28. The van der Waals surface area contributed by atoms with E-state index in [4.69, 9.17) is 21.4 Å². The van der Waals surface area contributed by atoms with E-state index >= 15 is 0 Å². The number of nitrogens with zero attached hydrogens (tertiary/aromatic N) is 3. The van der Waals surface area contributed by atoms with Crippen molar-refractivity contribution in [1.29, 1.82) is 0 Å². The topological polar surface area (TPSA) is 75.6 Å². The van der Waals surface area contributed by atoms with Gasteiger partial charge < -0.3 is 14.7 Å². The van der Waals surface area contributed by atoms with Crippen molar-refractivity contribution in [2.45, 2.75) is 12.5 Å². The van der Waals surface area contributed by atoms with Crippen molar-refractivity contribution in [1.82, 2.24) is 10.2 Å². The predicted octanol–water partition coefficient (Wildman–Crippen LogP) is 0.810. The summed E-state index contributed by atoms with van der Waals surface area (Å²) in [6.45, 7) is 1.55. The molecule has 0 saturated carbocycles. The minimum atomic E-state index is -0.854. The molecule has 17 heavy (non-hydrogen) atoms. The zero-order chi connectivity index (χ0) is 12.3. The summed E-state index contributed by atoms with van der Waals surface area (Å²) in [4.78, 5) is 12.6. The van der Waals surface area contributed by atoms with Gasteiger partial charge in [-0.3, -0.25) is 4.79 Å². The molecule has 0 bridgehead atoms. The number of hydrogen-bond donors (Lipinski definition) is 1. The SMILES string of the molecule is O=C(O)CC1COCCN1c1ccc(Cl)nn1. The number of aliphatic carboxylic acids is 1. The molecule has 1 aromatic rings. The van der Waals surface area contributed by atoms with Gasteiger partial charge in [0.25, 0.3) is 0 Å². The fourth-order valence-electron chi connectivity index (χ4n) is 1.79. The standard InChI is InChI=1S/C10H12ClN3O3/c11-8-1-2-9(13-12-8)14-3-4-17-6-7(14)5-10(15)16/h1-2,7H,3-6H2,(H,15,16). The van der Waals surface area contributed by atoms with Gasteiger partial charge in [0.05, 0.1) is 25.7 Å². The van der Waals surface area contributed by atoms with Gasteiger partial charge in [-0.25, -0.2) is 0 Å². The van der Waals surface area contributed by atoms with Crippen LogP contribution in [0.1, 0.15) is 6.42 Å². The molecule has 2 heterocycles. The van der Waals surface area contributed by atoms with Gasteiger partial charge in [-0.05, 0) is 12.1 Å². The molecule has 0 spiro atoms. The number of carbonyl (C=O) groups is 1. The molecule has 6 nitrogen and oxygen atoms in total. The Morgan fingerprint density at radius 3 is 3.06 bits per heavy atom. The Balaban J connectivity index is 2.15. The maximum Gasteiger partial charge on any atom is 0.305 e. The van der Waals surface area contributed by atoms with Crippen molar-refractivity contribution in [2.75, 3.05) is 24.7 Å². The predicted molar refractivity (Wildman–Crippen MR) is 61.2 cm³/mol. The van der Waals surface area contributed by atoms with E-state index in [9.17, 15) is 4.79 Å². The summed E-state index contributed by atoms with van der Waals surface area (Å²) >= 11 is 5.66. The quantitative estimate of drug-likeness (QED) is 0.864. The van der Waals surface area contributed by atoms with Crippen LogP contribution in [0.25, 0.3) is 0 Å². The normalized spacial score (nSPS) is 20.3. The fraction of sp³-hybridized carbons (Fsp3) is 0.500. The summed E-state index contributed by atoms with van der Waals surface area (Å²) in [5, 5.41) is 16.9. The van der Waals surface area contributed by atoms with Crippen molar-refractivity contribution in [3.8, 4) is 0 Å². The van der Waals surface area contributed by atoms with Gasteiger partial charge in [-0.15, -0.1) is 10.2 Å². The average molecular weight is 258 g/mol. The highest BCUT2D eigenvalue weighted by Gasteiger charge is 2.26. The number of morpholine rings is 1. The van der Waals surface area contributed by atoms with Crippen molar-refractivity contribution in [2.24, 2.45) is 0 Å². The lowest BCUT2D eigenvalue weighted by Gasteiger charge is -2.35. The number of ether oxygens (including phenoxy) is 1. The number of rotatable bonds is 3. The molecule has 0 aromatic carbocycles. The maximum absolute atomic E-state index is 10.8. The second kappa shape index (κ2) is 5.29. The van der Waals surface area contributed by atoms with Gasteiger partial charge in [0.1, 0.15) is 0 Å². The molecule has 0 radical (unpaired) electrons. The van der Waals surface area contributed by atoms with E-state index in [1.807, 2.05) is 4.90 Å². The van der Waals surface area contributed by atoms with Crippen LogP contribution in [0.5, 0.6) is 0 Å². The Bertz CT molecular complexity index is 398. The number of aromatic nitrogens is 2. The van der Waals surface area contributed by atoms with Crippen LogP contribution in [0.15, 0.2) is 12.1 Å². The number of carboxylic acid groups (broad SMARTS) is 1. The van der Waals surface area contributed by atoms with Crippen LogP contribution in [0, 0.1) is 0 Å². The van der Waals surface area contributed by atoms with Crippen LogP contribution in [-0.2, 0) is 9.53 Å². The summed E-state index contributed by atoms with van der Waals surface area (Å²) in [5.74, 6) is -0.226. The summed E-state index contributed by atoms with van der Waals surface area (Å²) in [6, 6.07) is 3.16. The van der Waals surface area contributed by atoms with Crippen molar-refractivity contribution < 1.29 is 14.6 Å². The third kappa shape index (κ3) is 3.04. The molecule has 0 aliphatic carbocycles. The molecule has 1 saturated heterocycles. The van der Waals surface area contributed by atoms with E-state index in [-0.39, 0.29) is 12.5 Å². The first-order valence-electron chi connectivity index (χ1n) is 5.22. The van der Waals surface area contributed by atoms with E-state index < -0.39 is 5.97 Å². The highest BCUT2D eigenvalue weighted by Crippen LogP contribution is 2.19. The minimum absolute atomic E-state index is 0.0182. The Morgan fingerprint density at radius 1 is 1.59 bits per heavy atom. The van der Waals surface area contributed by atoms with Crippen LogP contribution in [0.3, 0.4) is 0 Å².